The maximum absolute atomic E-state index is 12.4. The second-order valence-corrected chi connectivity index (χ2v) is 6.71. The molecule has 6 nitrogen and oxygen atoms in total. The summed E-state index contributed by atoms with van der Waals surface area (Å²) in [5, 5.41) is 0. The van der Waals surface area contributed by atoms with Crippen molar-refractivity contribution in [2.45, 2.75) is 52.1 Å². The summed E-state index contributed by atoms with van der Waals surface area (Å²) in [6.45, 7) is 6.28. The van der Waals surface area contributed by atoms with Gasteiger partial charge in [-0.05, 0) is 63.8 Å². The van der Waals surface area contributed by atoms with Crippen LogP contribution in [0.1, 0.15) is 45.6 Å². The summed E-state index contributed by atoms with van der Waals surface area (Å²) in [5.74, 6) is 0.554. The normalized spacial score (nSPS) is 19.8. The summed E-state index contributed by atoms with van der Waals surface area (Å²) < 4.78 is 15.9. The number of rotatable bonds is 7. The lowest BCUT2D eigenvalue weighted by Gasteiger charge is -2.38. The number of piperidine rings is 1. The molecular weight excluding hydrogens is 346 g/mol. The second kappa shape index (κ2) is 10.00. The van der Waals surface area contributed by atoms with Crippen LogP contribution in [0.5, 0.6) is 11.5 Å². The SMILES string of the molecule is CCOc1ccc(/C=C/C(=O)OCC(=O)N2[C@H](C)CCC[C@H]2C)cc1OC. The fourth-order valence-corrected chi connectivity index (χ4v) is 3.40. The molecule has 1 heterocycles. The molecule has 1 amide bonds. The molecule has 0 saturated carbocycles. The lowest BCUT2D eigenvalue weighted by molar-refractivity contribution is -0.151. The molecule has 1 saturated heterocycles. The zero-order valence-corrected chi connectivity index (χ0v) is 16.6. The number of likely N-dealkylation sites (tertiary alicyclic amines) is 1. The third kappa shape index (κ3) is 5.74. The summed E-state index contributed by atoms with van der Waals surface area (Å²) in [6, 6.07) is 5.76. The number of amides is 1. The zero-order valence-electron chi connectivity index (χ0n) is 16.6. The molecule has 0 spiro atoms. The minimum atomic E-state index is -0.548. The standard InChI is InChI=1S/C21H29NO5/c1-5-26-18-11-9-17(13-19(18)25-4)10-12-21(24)27-14-20(23)22-15(2)7-6-8-16(22)3/h9-13,15-16H,5-8,14H2,1-4H3/b12-10+/t15-,16-/m1/s1. The smallest absolute Gasteiger partial charge is 0.331 e. The molecule has 1 aliphatic heterocycles. The van der Waals surface area contributed by atoms with E-state index in [1.807, 2.05) is 31.7 Å². The van der Waals surface area contributed by atoms with Gasteiger partial charge in [0.1, 0.15) is 0 Å². The highest BCUT2D eigenvalue weighted by Gasteiger charge is 2.29. The van der Waals surface area contributed by atoms with Gasteiger partial charge in [0, 0.05) is 18.2 Å². The van der Waals surface area contributed by atoms with Gasteiger partial charge in [-0.3, -0.25) is 4.79 Å². The minimum Gasteiger partial charge on any atom is -0.493 e. The number of esters is 1. The minimum absolute atomic E-state index is 0.140. The molecular formula is C21H29NO5. The predicted octanol–water partition coefficient (Wildman–Crippen LogP) is 3.44. The van der Waals surface area contributed by atoms with Crippen LogP contribution >= 0.6 is 0 Å². The van der Waals surface area contributed by atoms with E-state index in [1.165, 1.54) is 6.08 Å². The van der Waals surface area contributed by atoms with E-state index in [2.05, 4.69) is 0 Å². The Morgan fingerprint density at radius 3 is 2.52 bits per heavy atom. The fraction of sp³-hybridized carbons (Fsp3) is 0.524. The van der Waals surface area contributed by atoms with E-state index in [0.717, 1.165) is 24.8 Å². The lowest BCUT2D eigenvalue weighted by atomic mass is 9.97. The first-order valence-corrected chi connectivity index (χ1v) is 9.43. The molecule has 1 aromatic carbocycles. The monoisotopic (exact) mass is 375 g/mol. The highest BCUT2D eigenvalue weighted by molar-refractivity contribution is 5.89. The van der Waals surface area contributed by atoms with Crippen molar-refractivity contribution in [1.29, 1.82) is 0 Å². The Kier molecular flexibility index (Phi) is 7.70. The van der Waals surface area contributed by atoms with Gasteiger partial charge in [0.25, 0.3) is 5.91 Å². The van der Waals surface area contributed by atoms with Crippen LogP contribution in [0.15, 0.2) is 24.3 Å². The lowest BCUT2D eigenvalue weighted by Crippen LogP contribution is -2.49. The molecule has 2 rings (SSSR count). The van der Waals surface area contributed by atoms with Crippen LogP contribution in [0.4, 0.5) is 0 Å². The van der Waals surface area contributed by atoms with Crippen molar-refractivity contribution < 1.29 is 23.8 Å². The molecule has 1 aromatic rings. The zero-order chi connectivity index (χ0) is 19.8. The molecule has 0 radical (unpaired) electrons. The third-order valence-electron chi connectivity index (χ3n) is 4.72. The maximum Gasteiger partial charge on any atom is 0.331 e. The summed E-state index contributed by atoms with van der Waals surface area (Å²) in [6.07, 6.45) is 6.04. The van der Waals surface area contributed by atoms with Gasteiger partial charge in [-0.2, -0.15) is 0 Å². The van der Waals surface area contributed by atoms with E-state index >= 15 is 0 Å². The Labute approximate surface area is 161 Å². The number of methoxy groups -OCH3 is 1. The number of ether oxygens (including phenoxy) is 3. The van der Waals surface area contributed by atoms with Gasteiger partial charge in [0.15, 0.2) is 18.1 Å². The molecule has 148 valence electrons. The number of hydrogen-bond donors (Lipinski definition) is 0. The Bertz CT molecular complexity index is 675. The first-order chi connectivity index (χ1) is 13.0. The number of benzene rings is 1. The number of carbonyl (C=O) groups is 2. The molecule has 1 fully saturated rings. The maximum atomic E-state index is 12.4. The Morgan fingerprint density at radius 1 is 1.19 bits per heavy atom. The van der Waals surface area contributed by atoms with E-state index in [9.17, 15) is 9.59 Å². The Balaban J connectivity index is 1.90. The van der Waals surface area contributed by atoms with E-state index in [1.54, 1.807) is 25.3 Å². The van der Waals surface area contributed by atoms with E-state index in [0.29, 0.717) is 18.1 Å². The van der Waals surface area contributed by atoms with Crippen molar-refractivity contribution in [3.8, 4) is 11.5 Å². The van der Waals surface area contributed by atoms with Crippen molar-refractivity contribution in [2.24, 2.45) is 0 Å². The topological polar surface area (TPSA) is 65.1 Å². The Morgan fingerprint density at radius 2 is 1.89 bits per heavy atom. The van der Waals surface area contributed by atoms with Gasteiger partial charge in [0.2, 0.25) is 0 Å². The summed E-state index contributed by atoms with van der Waals surface area (Å²) in [4.78, 5) is 26.2. The van der Waals surface area contributed by atoms with Crippen LogP contribution in [-0.2, 0) is 14.3 Å². The second-order valence-electron chi connectivity index (χ2n) is 6.71. The van der Waals surface area contributed by atoms with Gasteiger partial charge in [0.05, 0.1) is 13.7 Å². The molecule has 2 atom stereocenters. The molecule has 0 N–H and O–H groups in total. The molecule has 27 heavy (non-hydrogen) atoms. The fourth-order valence-electron chi connectivity index (χ4n) is 3.40. The van der Waals surface area contributed by atoms with E-state index in [-0.39, 0.29) is 24.6 Å². The van der Waals surface area contributed by atoms with Gasteiger partial charge < -0.3 is 19.1 Å². The molecule has 0 bridgehead atoms. The predicted molar refractivity (Wildman–Crippen MR) is 104 cm³/mol. The van der Waals surface area contributed by atoms with Crippen molar-refractivity contribution in [3.63, 3.8) is 0 Å². The van der Waals surface area contributed by atoms with Crippen molar-refractivity contribution in [3.05, 3.63) is 29.8 Å². The molecule has 0 aliphatic carbocycles. The highest BCUT2D eigenvalue weighted by Crippen LogP contribution is 2.28. The van der Waals surface area contributed by atoms with E-state index in [4.69, 9.17) is 14.2 Å². The van der Waals surface area contributed by atoms with Crippen molar-refractivity contribution in [2.75, 3.05) is 20.3 Å². The summed E-state index contributed by atoms with van der Waals surface area (Å²) in [7, 11) is 1.56. The van der Waals surface area contributed by atoms with Crippen LogP contribution in [0.25, 0.3) is 6.08 Å². The first-order valence-electron chi connectivity index (χ1n) is 9.43. The number of nitrogens with zero attached hydrogens (tertiary/aromatic N) is 1. The average Bonchev–Trinajstić information content (AvgIpc) is 2.65. The quantitative estimate of drug-likeness (QED) is 0.540. The largest absolute Gasteiger partial charge is 0.493 e. The molecule has 6 heteroatoms. The van der Waals surface area contributed by atoms with Crippen LogP contribution in [0.3, 0.4) is 0 Å². The summed E-state index contributed by atoms with van der Waals surface area (Å²) in [5.41, 5.74) is 0.775. The molecule has 0 unspecified atom stereocenters. The average molecular weight is 375 g/mol. The number of hydrogen-bond acceptors (Lipinski definition) is 5. The van der Waals surface area contributed by atoms with Crippen molar-refractivity contribution in [1.82, 2.24) is 4.90 Å². The molecule has 1 aliphatic rings. The van der Waals surface area contributed by atoms with Crippen molar-refractivity contribution >= 4 is 18.0 Å². The van der Waals surface area contributed by atoms with E-state index < -0.39 is 5.97 Å². The third-order valence-corrected chi connectivity index (χ3v) is 4.72. The Hall–Kier alpha value is -2.50. The van der Waals surface area contributed by atoms with Gasteiger partial charge in [-0.25, -0.2) is 4.79 Å². The van der Waals surface area contributed by atoms with Crippen LogP contribution in [0, 0.1) is 0 Å². The van der Waals surface area contributed by atoms with Gasteiger partial charge in [-0.1, -0.05) is 6.07 Å². The highest BCUT2D eigenvalue weighted by atomic mass is 16.5. The van der Waals surface area contributed by atoms with Crippen LogP contribution < -0.4 is 9.47 Å². The summed E-state index contributed by atoms with van der Waals surface area (Å²) >= 11 is 0. The van der Waals surface area contributed by atoms with Gasteiger partial charge >= 0.3 is 5.97 Å². The van der Waals surface area contributed by atoms with Crippen LogP contribution in [-0.4, -0.2) is 49.2 Å². The van der Waals surface area contributed by atoms with Crippen LogP contribution in [0.2, 0.25) is 0 Å². The number of carbonyl (C=O) groups excluding carboxylic acids is 2. The molecule has 0 aromatic heterocycles. The first kappa shape index (κ1) is 20.8. The van der Waals surface area contributed by atoms with Gasteiger partial charge in [-0.15, -0.1) is 0 Å².